The Kier molecular flexibility index (Phi) is 4.59. The lowest BCUT2D eigenvalue weighted by Crippen LogP contribution is -2.22. The van der Waals surface area contributed by atoms with Crippen molar-refractivity contribution < 1.29 is 18.3 Å². The summed E-state index contributed by atoms with van der Waals surface area (Å²) in [4.78, 5) is 12.9. The fraction of sp³-hybridized carbons (Fsp3) is 0.174. The van der Waals surface area contributed by atoms with Crippen molar-refractivity contribution in [2.24, 2.45) is 0 Å². The third-order valence-corrected chi connectivity index (χ3v) is 5.46. The van der Waals surface area contributed by atoms with Crippen molar-refractivity contribution >= 4 is 16.7 Å². The van der Waals surface area contributed by atoms with E-state index in [-0.39, 0.29) is 11.3 Å². The molecule has 0 saturated carbocycles. The molecule has 0 amide bonds. The van der Waals surface area contributed by atoms with Crippen LogP contribution < -0.4 is 5.32 Å². The first-order chi connectivity index (χ1) is 14.9. The Balaban J connectivity index is 1.66. The summed E-state index contributed by atoms with van der Waals surface area (Å²) >= 11 is 0. The fourth-order valence-electron chi connectivity index (χ4n) is 3.94. The smallest absolute Gasteiger partial charge is 0.390 e. The van der Waals surface area contributed by atoms with Gasteiger partial charge in [0, 0.05) is 29.8 Å². The first kappa shape index (κ1) is 19.4. The molecule has 2 atom stereocenters. The highest BCUT2D eigenvalue weighted by Crippen LogP contribution is 2.37. The van der Waals surface area contributed by atoms with Crippen molar-refractivity contribution in [3.05, 3.63) is 83.7 Å². The standard InChI is InChI=1S/C23H17F3N4O/c24-23(25,26)15-5-6-17-18(12-15)28-21(13-7-9-27-10-8-13)30-22(17)29-20-16-4-2-1-3-14(16)11-19(20)31/h1-10,12,19-20,31H,11H2,(H,28,29,30)/t19-,20?/m1/s1. The number of aliphatic hydroxyl groups excluding tert-OH is 1. The SMILES string of the molecule is O[C@@H]1Cc2ccccc2C1Nc1nc(-c2ccncc2)nc2cc(C(F)(F)F)ccc12. The molecule has 1 unspecified atom stereocenters. The highest BCUT2D eigenvalue weighted by molar-refractivity contribution is 5.91. The summed E-state index contributed by atoms with van der Waals surface area (Å²) in [6, 6.07) is 14.0. The number of aromatic nitrogens is 3. The lowest BCUT2D eigenvalue weighted by Gasteiger charge is -2.20. The molecule has 2 N–H and O–H groups in total. The molecule has 0 saturated heterocycles. The second-order valence-corrected chi connectivity index (χ2v) is 7.45. The van der Waals surface area contributed by atoms with Crippen LogP contribution in [-0.2, 0) is 12.6 Å². The van der Waals surface area contributed by atoms with E-state index in [9.17, 15) is 18.3 Å². The zero-order chi connectivity index (χ0) is 21.6. The number of nitrogens with one attached hydrogen (secondary N) is 1. The molecule has 0 fully saturated rings. The van der Waals surface area contributed by atoms with Crippen LogP contribution in [0, 0.1) is 0 Å². The molecule has 2 heterocycles. The number of rotatable bonds is 3. The molecule has 156 valence electrons. The van der Waals surface area contributed by atoms with Gasteiger partial charge in [0.05, 0.1) is 23.2 Å². The van der Waals surface area contributed by atoms with E-state index in [0.717, 1.165) is 23.3 Å². The molecule has 2 aromatic heterocycles. The van der Waals surface area contributed by atoms with Crippen LogP contribution in [0.3, 0.4) is 0 Å². The summed E-state index contributed by atoms with van der Waals surface area (Å²) in [5.74, 6) is 0.642. The number of halogens is 3. The Hall–Kier alpha value is -3.52. The number of nitrogens with zero attached hydrogens (tertiary/aromatic N) is 3. The van der Waals surface area contributed by atoms with Gasteiger partial charge < -0.3 is 10.4 Å². The first-order valence-electron chi connectivity index (χ1n) is 9.72. The molecule has 0 bridgehead atoms. The van der Waals surface area contributed by atoms with Crippen LogP contribution in [0.4, 0.5) is 19.0 Å². The Morgan fingerprint density at radius 3 is 2.52 bits per heavy atom. The minimum atomic E-state index is -4.48. The number of pyridine rings is 1. The number of anilines is 1. The molecule has 2 aromatic carbocycles. The van der Waals surface area contributed by atoms with Crippen molar-refractivity contribution in [3.63, 3.8) is 0 Å². The maximum absolute atomic E-state index is 13.3. The Morgan fingerprint density at radius 1 is 0.968 bits per heavy atom. The molecule has 4 aromatic rings. The van der Waals surface area contributed by atoms with Gasteiger partial charge in [-0.1, -0.05) is 24.3 Å². The second-order valence-electron chi connectivity index (χ2n) is 7.45. The van der Waals surface area contributed by atoms with Crippen LogP contribution in [0.1, 0.15) is 22.7 Å². The van der Waals surface area contributed by atoms with Gasteiger partial charge in [-0.2, -0.15) is 13.2 Å². The Morgan fingerprint density at radius 2 is 1.74 bits per heavy atom. The number of benzene rings is 2. The normalized spacial score (nSPS) is 18.2. The Bertz CT molecular complexity index is 1260. The van der Waals surface area contributed by atoms with Gasteiger partial charge in [-0.25, -0.2) is 9.97 Å². The predicted octanol–water partition coefficient (Wildman–Crippen LogP) is 4.78. The molecule has 1 aliphatic rings. The van der Waals surface area contributed by atoms with Crippen LogP contribution in [0.15, 0.2) is 67.0 Å². The number of hydrogen-bond acceptors (Lipinski definition) is 5. The summed E-state index contributed by atoms with van der Waals surface area (Å²) in [6.07, 6.45) is -1.53. The van der Waals surface area contributed by atoms with Crippen LogP contribution in [0.5, 0.6) is 0 Å². The largest absolute Gasteiger partial charge is 0.416 e. The molecule has 0 radical (unpaired) electrons. The fourth-order valence-corrected chi connectivity index (χ4v) is 3.94. The average Bonchev–Trinajstić information content (AvgIpc) is 3.08. The lowest BCUT2D eigenvalue weighted by molar-refractivity contribution is -0.137. The molecular formula is C23H17F3N4O. The van der Waals surface area contributed by atoms with E-state index in [4.69, 9.17) is 0 Å². The van der Waals surface area contributed by atoms with E-state index >= 15 is 0 Å². The van der Waals surface area contributed by atoms with Gasteiger partial charge in [-0.05, 0) is 41.5 Å². The highest BCUT2D eigenvalue weighted by Gasteiger charge is 2.33. The number of hydrogen-bond donors (Lipinski definition) is 2. The zero-order valence-electron chi connectivity index (χ0n) is 16.1. The molecule has 8 heteroatoms. The van der Waals surface area contributed by atoms with E-state index < -0.39 is 23.9 Å². The predicted molar refractivity (Wildman–Crippen MR) is 110 cm³/mol. The zero-order valence-corrected chi connectivity index (χ0v) is 16.1. The summed E-state index contributed by atoms with van der Waals surface area (Å²) in [5.41, 5.74) is 1.99. The molecular weight excluding hydrogens is 405 g/mol. The highest BCUT2D eigenvalue weighted by atomic mass is 19.4. The van der Waals surface area contributed by atoms with Crippen molar-refractivity contribution in [1.29, 1.82) is 0 Å². The van der Waals surface area contributed by atoms with Crippen molar-refractivity contribution in [1.82, 2.24) is 15.0 Å². The van der Waals surface area contributed by atoms with Crippen LogP contribution in [0.2, 0.25) is 0 Å². The van der Waals surface area contributed by atoms with E-state index in [1.54, 1.807) is 24.5 Å². The molecule has 5 rings (SSSR count). The summed E-state index contributed by atoms with van der Waals surface area (Å²) in [7, 11) is 0. The average molecular weight is 422 g/mol. The first-order valence-corrected chi connectivity index (χ1v) is 9.72. The minimum Gasteiger partial charge on any atom is -0.390 e. The minimum absolute atomic E-state index is 0.167. The second kappa shape index (κ2) is 7.31. The van der Waals surface area contributed by atoms with E-state index in [2.05, 4.69) is 20.3 Å². The molecule has 31 heavy (non-hydrogen) atoms. The monoisotopic (exact) mass is 422 g/mol. The van der Waals surface area contributed by atoms with E-state index in [0.29, 0.717) is 23.2 Å². The number of alkyl halides is 3. The summed E-state index contributed by atoms with van der Waals surface area (Å²) in [6.45, 7) is 0. The van der Waals surface area contributed by atoms with Crippen LogP contribution in [0.25, 0.3) is 22.3 Å². The number of fused-ring (bicyclic) bond motifs is 2. The van der Waals surface area contributed by atoms with Crippen LogP contribution in [-0.4, -0.2) is 26.2 Å². The van der Waals surface area contributed by atoms with Gasteiger partial charge in [0.25, 0.3) is 0 Å². The van der Waals surface area contributed by atoms with Crippen molar-refractivity contribution in [2.45, 2.75) is 24.7 Å². The van der Waals surface area contributed by atoms with Gasteiger partial charge in [0.2, 0.25) is 0 Å². The van der Waals surface area contributed by atoms with Gasteiger partial charge in [-0.15, -0.1) is 0 Å². The summed E-state index contributed by atoms with van der Waals surface area (Å²) in [5, 5.41) is 14.3. The summed E-state index contributed by atoms with van der Waals surface area (Å²) < 4.78 is 39.9. The quantitative estimate of drug-likeness (QED) is 0.497. The third kappa shape index (κ3) is 3.59. The molecule has 0 spiro atoms. The van der Waals surface area contributed by atoms with Gasteiger partial charge in [0.15, 0.2) is 5.82 Å². The van der Waals surface area contributed by atoms with Crippen LogP contribution >= 0.6 is 0 Å². The van der Waals surface area contributed by atoms with Gasteiger partial charge in [-0.3, -0.25) is 4.98 Å². The van der Waals surface area contributed by atoms with Crippen molar-refractivity contribution in [2.75, 3.05) is 5.32 Å². The van der Waals surface area contributed by atoms with Gasteiger partial charge >= 0.3 is 6.18 Å². The maximum Gasteiger partial charge on any atom is 0.416 e. The number of aliphatic hydroxyl groups is 1. The maximum atomic E-state index is 13.3. The van der Waals surface area contributed by atoms with Crippen molar-refractivity contribution in [3.8, 4) is 11.4 Å². The molecule has 0 aliphatic heterocycles. The van der Waals surface area contributed by atoms with E-state index in [1.807, 2.05) is 24.3 Å². The third-order valence-electron chi connectivity index (χ3n) is 5.46. The molecule has 1 aliphatic carbocycles. The Labute approximate surface area is 175 Å². The van der Waals surface area contributed by atoms with E-state index in [1.165, 1.54) is 6.07 Å². The topological polar surface area (TPSA) is 70.9 Å². The lowest BCUT2D eigenvalue weighted by atomic mass is 10.1. The molecule has 5 nitrogen and oxygen atoms in total. The van der Waals surface area contributed by atoms with Gasteiger partial charge in [0.1, 0.15) is 5.82 Å².